The van der Waals surface area contributed by atoms with Gasteiger partial charge in [-0.3, -0.25) is 4.79 Å². The molecule has 3 heterocycles. The third kappa shape index (κ3) is 3.99. The first-order valence-electron chi connectivity index (χ1n) is 10.0. The van der Waals surface area contributed by atoms with Gasteiger partial charge >= 0.3 is 5.97 Å². The van der Waals surface area contributed by atoms with Gasteiger partial charge in [0, 0.05) is 44.2 Å². The van der Waals surface area contributed by atoms with Crippen LogP contribution in [0.2, 0.25) is 0 Å². The van der Waals surface area contributed by atoms with Crippen LogP contribution in [0.25, 0.3) is 0 Å². The number of carbonyl (C=O) groups is 2. The van der Waals surface area contributed by atoms with Gasteiger partial charge in [-0.25, -0.2) is 9.78 Å². The van der Waals surface area contributed by atoms with E-state index in [0.717, 1.165) is 64.7 Å². The molecule has 3 aliphatic rings. The number of nitrogens with zero attached hydrogens (tertiary/aromatic N) is 4. The summed E-state index contributed by atoms with van der Waals surface area (Å²) in [5.74, 6) is 0.575. The van der Waals surface area contributed by atoms with E-state index in [1.165, 1.54) is 12.5 Å². The fourth-order valence-corrected chi connectivity index (χ4v) is 4.04. The molecule has 1 saturated carbocycles. The molecule has 0 unspecified atom stereocenters. The zero-order chi connectivity index (χ0) is 18.8. The average molecular weight is 373 g/mol. The monoisotopic (exact) mass is 373 g/mol. The van der Waals surface area contributed by atoms with E-state index in [1.54, 1.807) is 0 Å². The Labute approximate surface area is 159 Å². The summed E-state index contributed by atoms with van der Waals surface area (Å²) < 4.78 is 0. The molecule has 1 aliphatic carbocycles. The fourth-order valence-electron chi connectivity index (χ4n) is 4.04. The molecule has 3 fully saturated rings. The lowest BCUT2D eigenvalue weighted by atomic mass is 9.84. The summed E-state index contributed by atoms with van der Waals surface area (Å²) in [6.45, 7) is 3.24. The largest absolute Gasteiger partial charge is 0.477 e. The van der Waals surface area contributed by atoms with Gasteiger partial charge in [0.25, 0.3) is 0 Å². The van der Waals surface area contributed by atoms with Gasteiger partial charge in [-0.2, -0.15) is 4.98 Å². The molecule has 8 nitrogen and oxygen atoms in total. The van der Waals surface area contributed by atoms with Gasteiger partial charge in [-0.05, 0) is 38.5 Å². The van der Waals surface area contributed by atoms with Crippen molar-refractivity contribution in [2.24, 2.45) is 5.92 Å². The summed E-state index contributed by atoms with van der Waals surface area (Å²) in [6.07, 6.45) is 7.11. The number of hydrogen-bond acceptors (Lipinski definition) is 6. The van der Waals surface area contributed by atoms with Gasteiger partial charge in [-0.1, -0.05) is 6.42 Å². The maximum atomic E-state index is 12.4. The minimum Gasteiger partial charge on any atom is -0.477 e. The van der Waals surface area contributed by atoms with Gasteiger partial charge in [0.05, 0.1) is 0 Å². The second-order valence-corrected chi connectivity index (χ2v) is 7.81. The molecule has 1 amide bonds. The summed E-state index contributed by atoms with van der Waals surface area (Å²) in [5.41, 5.74) is 0.0204. The molecule has 1 aromatic heterocycles. The fraction of sp³-hybridized carbons (Fsp3) is 0.684. The number of anilines is 2. The van der Waals surface area contributed by atoms with Crippen molar-refractivity contribution in [3.8, 4) is 0 Å². The first-order chi connectivity index (χ1) is 13.1. The lowest BCUT2D eigenvalue weighted by Crippen LogP contribution is -2.46. The zero-order valence-electron chi connectivity index (χ0n) is 15.6. The van der Waals surface area contributed by atoms with Crippen molar-refractivity contribution >= 4 is 23.6 Å². The highest BCUT2D eigenvalue weighted by atomic mass is 16.4. The van der Waals surface area contributed by atoms with Crippen molar-refractivity contribution in [2.75, 3.05) is 36.4 Å². The average Bonchev–Trinajstić information content (AvgIpc) is 3.15. The number of carbonyl (C=O) groups excluding carboxylic acids is 1. The highest BCUT2D eigenvalue weighted by molar-refractivity contribution is 5.86. The Morgan fingerprint density at radius 2 is 1.70 bits per heavy atom. The number of aromatic carboxylic acids is 1. The van der Waals surface area contributed by atoms with Crippen molar-refractivity contribution in [1.82, 2.24) is 14.9 Å². The van der Waals surface area contributed by atoms with E-state index in [2.05, 4.69) is 15.3 Å². The molecule has 2 aliphatic heterocycles. The molecule has 2 N–H and O–H groups in total. The van der Waals surface area contributed by atoms with E-state index in [-0.39, 0.29) is 17.7 Å². The topological polar surface area (TPSA) is 98.7 Å². The third-order valence-corrected chi connectivity index (χ3v) is 5.94. The van der Waals surface area contributed by atoms with E-state index in [9.17, 15) is 14.7 Å². The molecule has 0 spiro atoms. The molecule has 4 rings (SSSR count). The van der Waals surface area contributed by atoms with Crippen LogP contribution in [-0.2, 0) is 4.79 Å². The predicted molar refractivity (Wildman–Crippen MR) is 101 cm³/mol. The van der Waals surface area contributed by atoms with Crippen LogP contribution in [0.5, 0.6) is 0 Å². The van der Waals surface area contributed by atoms with Crippen LogP contribution < -0.4 is 10.2 Å². The Hall–Kier alpha value is -2.38. The number of nitrogens with one attached hydrogen (secondary N) is 1. The smallest absolute Gasteiger partial charge is 0.354 e. The lowest BCUT2D eigenvalue weighted by molar-refractivity contribution is -0.139. The highest BCUT2D eigenvalue weighted by Crippen LogP contribution is 2.29. The van der Waals surface area contributed by atoms with Gasteiger partial charge < -0.3 is 20.2 Å². The van der Waals surface area contributed by atoms with Crippen LogP contribution in [0.1, 0.15) is 55.4 Å². The first kappa shape index (κ1) is 18.0. The molecular formula is C19H27N5O3. The number of aromatic nitrogens is 2. The molecule has 0 atom stereocenters. The Morgan fingerprint density at radius 3 is 2.30 bits per heavy atom. The summed E-state index contributed by atoms with van der Waals surface area (Å²) >= 11 is 0. The van der Waals surface area contributed by atoms with Gasteiger partial charge in [-0.15, -0.1) is 0 Å². The molecular weight excluding hydrogens is 346 g/mol. The maximum absolute atomic E-state index is 12.4. The van der Waals surface area contributed by atoms with E-state index >= 15 is 0 Å². The Morgan fingerprint density at radius 1 is 1.00 bits per heavy atom. The Bertz CT molecular complexity index is 707. The standard InChI is InChI=1S/C19H27N5O3/c25-17(13-4-3-5-13)23-10-6-14(7-11-23)20-16-12-15(18(26)27)21-19(22-16)24-8-1-2-9-24/h12-14H,1-11H2,(H,26,27)(H,20,21,22). The quantitative estimate of drug-likeness (QED) is 0.814. The van der Waals surface area contributed by atoms with Crippen LogP contribution in [0.3, 0.4) is 0 Å². The molecule has 27 heavy (non-hydrogen) atoms. The number of carboxylic acids is 1. The Kier molecular flexibility index (Phi) is 5.13. The molecule has 146 valence electrons. The second kappa shape index (κ2) is 7.70. The Balaban J connectivity index is 1.40. The molecule has 8 heteroatoms. The van der Waals surface area contributed by atoms with Crippen molar-refractivity contribution in [1.29, 1.82) is 0 Å². The zero-order valence-corrected chi connectivity index (χ0v) is 15.6. The molecule has 0 bridgehead atoms. The van der Waals surface area contributed by atoms with Crippen LogP contribution in [0.15, 0.2) is 6.07 Å². The highest BCUT2D eigenvalue weighted by Gasteiger charge is 2.31. The first-order valence-corrected chi connectivity index (χ1v) is 10.0. The minimum absolute atomic E-state index is 0.0204. The number of piperidine rings is 1. The molecule has 0 aromatic carbocycles. The van der Waals surface area contributed by atoms with Crippen LogP contribution in [0, 0.1) is 5.92 Å². The normalized spacial score (nSPS) is 21.2. The van der Waals surface area contributed by atoms with Gasteiger partial charge in [0.2, 0.25) is 11.9 Å². The summed E-state index contributed by atoms with van der Waals surface area (Å²) in [4.78, 5) is 36.6. The van der Waals surface area contributed by atoms with E-state index < -0.39 is 5.97 Å². The van der Waals surface area contributed by atoms with Crippen molar-refractivity contribution in [3.05, 3.63) is 11.8 Å². The molecule has 2 saturated heterocycles. The summed E-state index contributed by atoms with van der Waals surface area (Å²) in [7, 11) is 0. The van der Waals surface area contributed by atoms with Crippen molar-refractivity contribution in [3.63, 3.8) is 0 Å². The predicted octanol–water partition coefficient (Wildman–Crippen LogP) is 1.98. The lowest BCUT2D eigenvalue weighted by Gasteiger charge is -2.37. The molecule has 0 radical (unpaired) electrons. The number of rotatable bonds is 5. The minimum atomic E-state index is -1.04. The van der Waals surface area contributed by atoms with Crippen LogP contribution >= 0.6 is 0 Å². The van der Waals surface area contributed by atoms with Crippen LogP contribution in [-0.4, -0.2) is 64.1 Å². The van der Waals surface area contributed by atoms with E-state index in [4.69, 9.17) is 0 Å². The van der Waals surface area contributed by atoms with Gasteiger partial charge in [0.15, 0.2) is 5.69 Å². The molecule has 1 aromatic rings. The van der Waals surface area contributed by atoms with E-state index in [1.807, 2.05) is 9.80 Å². The second-order valence-electron chi connectivity index (χ2n) is 7.81. The number of likely N-dealkylation sites (tertiary alicyclic amines) is 1. The summed E-state index contributed by atoms with van der Waals surface area (Å²) in [5, 5.41) is 12.8. The van der Waals surface area contributed by atoms with Crippen molar-refractivity contribution < 1.29 is 14.7 Å². The number of hydrogen-bond donors (Lipinski definition) is 2. The van der Waals surface area contributed by atoms with Gasteiger partial charge in [0.1, 0.15) is 5.82 Å². The van der Waals surface area contributed by atoms with Crippen molar-refractivity contribution in [2.45, 2.75) is 51.0 Å². The third-order valence-electron chi connectivity index (χ3n) is 5.94. The van der Waals surface area contributed by atoms with E-state index in [0.29, 0.717) is 17.7 Å². The summed E-state index contributed by atoms with van der Waals surface area (Å²) in [6, 6.07) is 1.70. The number of amides is 1. The SMILES string of the molecule is O=C(O)c1cc(NC2CCN(C(=O)C3CCC3)CC2)nc(N2CCCC2)n1. The number of carboxylic acid groups (broad SMARTS) is 1. The maximum Gasteiger partial charge on any atom is 0.354 e. The van der Waals surface area contributed by atoms with Crippen LogP contribution in [0.4, 0.5) is 11.8 Å².